The molecule has 0 fully saturated rings. The second kappa shape index (κ2) is 10.6. The molecular weight excluding hydrogens is 384 g/mol. The zero-order valence-corrected chi connectivity index (χ0v) is 18.1. The van der Waals surface area contributed by atoms with Gasteiger partial charge in [0.25, 0.3) is 11.2 Å². The summed E-state index contributed by atoms with van der Waals surface area (Å²) in [6.45, 7) is 8.67. The van der Waals surface area contributed by atoms with Crippen LogP contribution in [0, 0.1) is 10.1 Å². The molecule has 1 aromatic heterocycles. The highest BCUT2D eigenvalue weighted by atomic mass is 16.6. The van der Waals surface area contributed by atoms with E-state index >= 15 is 0 Å². The summed E-state index contributed by atoms with van der Waals surface area (Å²) in [7, 11) is 0. The number of ether oxygens (including phenoxy) is 1. The second-order valence-corrected chi connectivity index (χ2v) is 7.63. The third-order valence-corrected chi connectivity index (χ3v) is 4.88. The van der Waals surface area contributed by atoms with E-state index in [1.807, 2.05) is 19.9 Å². The Kier molecular flexibility index (Phi) is 8.21. The maximum absolute atomic E-state index is 13.0. The number of nitrogens with zero attached hydrogens (tertiary/aromatic N) is 2. The van der Waals surface area contributed by atoms with Gasteiger partial charge in [-0.3, -0.25) is 14.9 Å². The highest BCUT2D eigenvalue weighted by Crippen LogP contribution is 2.33. The Bertz CT molecular complexity index is 1030. The molecule has 0 aliphatic carbocycles. The van der Waals surface area contributed by atoms with Crippen LogP contribution in [0.5, 0.6) is 11.5 Å². The maximum atomic E-state index is 13.0. The summed E-state index contributed by atoms with van der Waals surface area (Å²) in [5.74, 6) is -0.408. The molecule has 1 aromatic carbocycles. The number of nitro benzene ring substituents is 1. The summed E-state index contributed by atoms with van der Waals surface area (Å²) in [4.78, 5) is 23.6. The summed E-state index contributed by atoms with van der Waals surface area (Å²) >= 11 is 0. The van der Waals surface area contributed by atoms with E-state index in [2.05, 4.69) is 19.9 Å². The van der Waals surface area contributed by atoms with Gasteiger partial charge in [-0.05, 0) is 52.2 Å². The third-order valence-electron chi connectivity index (χ3n) is 4.88. The molecule has 0 aliphatic heterocycles. The first-order valence-corrected chi connectivity index (χ1v) is 10.2. The van der Waals surface area contributed by atoms with Crippen LogP contribution in [0.1, 0.15) is 53.4 Å². The number of unbranched alkanes of at least 4 members (excludes halogenated alkanes) is 1. The third kappa shape index (κ3) is 5.72. The van der Waals surface area contributed by atoms with Gasteiger partial charge in [0.15, 0.2) is 5.75 Å². The van der Waals surface area contributed by atoms with Crippen molar-refractivity contribution in [2.45, 2.75) is 59.9 Å². The molecule has 0 unspecified atom stereocenters. The Morgan fingerprint density at radius 1 is 1.27 bits per heavy atom. The molecule has 0 bridgehead atoms. The summed E-state index contributed by atoms with van der Waals surface area (Å²) in [6, 6.07) is 4.09. The van der Waals surface area contributed by atoms with Crippen LogP contribution in [0.4, 0.5) is 5.69 Å². The van der Waals surface area contributed by atoms with Gasteiger partial charge < -0.3 is 14.4 Å². The van der Waals surface area contributed by atoms with Crippen molar-refractivity contribution in [2.75, 3.05) is 6.61 Å². The number of benzene rings is 1. The fraction of sp³-hybridized carbons (Fsp3) is 0.435. The lowest BCUT2D eigenvalue weighted by atomic mass is 10.1. The Labute approximate surface area is 176 Å². The van der Waals surface area contributed by atoms with Gasteiger partial charge in [-0.2, -0.15) is 0 Å². The summed E-state index contributed by atoms with van der Waals surface area (Å²) in [6.07, 6.45) is 7.48. The van der Waals surface area contributed by atoms with E-state index in [1.165, 1.54) is 28.3 Å². The molecule has 30 heavy (non-hydrogen) atoms. The van der Waals surface area contributed by atoms with Crippen LogP contribution in [-0.4, -0.2) is 21.2 Å². The average Bonchev–Trinajstić information content (AvgIpc) is 2.69. The zero-order valence-electron chi connectivity index (χ0n) is 18.1. The van der Waals surface area contributed by atoms with Crippen molar-refractivity contribution in [1.82, 2.24) is 4.57 Å². The van der Waals surface area contributed by atoms with Crippen molar-refractivity contribution in [3.8, 4) is 11.5 Å². The van der Waals surface area contributed by atoms with Gasteiger partial charge in [-0.15, -0.1) is 0 Å². The van der Waals surface area contributed by atoms with E-state index in [1.54, 1.807) is 0 Å². The normalized spacial score (nSPS) is 11.5. The molecule has 1 N–H and O–H groups in total. The van der Waals surface area contributed by atoms with Gasteiger partial charge in [0.2, 0.25) is 5.75 Å². The summed E-state index contributed by atoms with van der Waals surface area (Å²) in [5.41, 5.74) is 2.13. The minimum absolute atomic E-state index is 0.124. The van der Waals surface area contributed by atoms with E-state index in [-0.39, 0.29) is 23.8 Å². The molecule has 2 rings (SSSR count). The quantitative estimate of drug-likeness (QED) is 0.315. The molecule has 1 heterocycles. The van der Waals surface area contributed by atoms with Crippen LogP contribution >= 0.6 is 0 Å². The highest BCUT2D eigenvalue weighted by Gasteiger charge is 2.19. The van der Waals surface area contributed by atoms with Crippen molar-refractivity contribution >= 4 is 16.6 Å². The van der Waals surface area contributed by atoms with E-state index < -0.39 is 10.5 Å². The van der Waals surface area contributed by atoms with Crippen LogP contribution in [0.25, 0.3) is 10.9 Å². The number of aromatic nitrogens is 1. The molecule has 7 nitrogen and oxygen atoms in total. The predicted octanol–water partition coefficient (Wildman–Crippen LogP) is 5.49. The van der Waals surface area contributed by atoms with E-state index in [9.17, 15) is 20.0 Å². The molecule has 0 radical (unpaired) electrons. The number of aromatic hydroxyl groups is 1. The Morgan fingerprint density at radius 2 is 2.00 bits per heavy atom. The number of nitro groups is 1. The predicted molar refractivity (Wildman–Crippen MR) is 119 cm³/mol. The topological polar surface area (TPSA) is 94.6 Å². The molecule has 2 aromatic rings. The lowest BCUT2D eigenvalue weighted by molar-refractivity contribution is -0.384. The van der Waals surface area contributed by atoms with Gasteiger partial charge in [-0.1, -0.05) is 30.6 Å². The fourth-order valence-electron chi connectivity index (χ4n) is 3.14. The molecule has 0 saturated carbocycles. The van der Waals surface area contributed by atoms with Crippen LogP contribution in [0.2, 0.25) is 0 Å². The number of fused-ring (bicyclic) bond motifs is 1. The molecule has 0 amide bonds. The van der Waals surface area contributed by atoms with Crippen LogP contribution in [0.15, 0.2) is 46.3 Å². The molecule has 7 heteroatoms. The molecule has 0 saturated heterocycles. The van der Waals surface area contributed by atoms with E-state index in [0.717, 1.165) is 31.3 Å². The SMILES string of the molecule is CCCCn1c(=O)c(OCC=C(C)CCC=C(C)C)c(O)c2ccc([N+](=O)[O-])cc21. The standard InChI is InChI=1S/C23H30N2O5/c1-5-6-13-24-20-15-18(25(28)29)10-11-19(20)21(26)22(23(24)27)30-14-12-17(4)9-7-8-16(2)3/h8,10-12,15,26H,5-7,9,13-14H2,1-4H3. The van der Waals surface area contributed by atoms with Crippen LogP contribution in [0.3, 0.4) is 0 Å². The number of aryl methyl sites for hydroxylation is 1. The van der Waals surface area contributed by atoms with E-state index in [0.29, 0.717) is 17.4 Å². The molecule has 0 aliphatic rings. The number of rotatable bonds is 10. The Balaban J connectivity index is 2.38. The summed E-state index contributed by atoms with van der Waals surface area (Å²) in [5, 5.41) is 22.1. The molecular formula is C23H30N2O5. The van der Waals surface area contributed by atoms with Gasteiger partial charge in [0.05, 0.1) is 10.4 Å². The Hall–Kier alpha value is -3.09. The highest BCUT2D eigenvalue weighted by molar-refractivity contribution is 5.89. The second-order valence-electron chi connectivity index (χ2n) is 7.63. The van der Waals surface area contributed by atoms with Gasteiger partial charge >= 0.3 is 0 Å². The lowest BCUT2D eigenvalue weighted by Gasteiger charge is -2.15. The van der Waals surface area contributed by atoms with Gasteiger partial charge in [0.1, 0.15) is 6.61 Å². The molecule has 0 atom stereocenters. The summed E-state index contributed by atoms with van der Waals surface area (Å²) < 4.78 is 7.11. The monoisotopic (exact) mass is 414 g/mol. The Morgan fingerprint density at radius 3 is 2.63 bits per heavy atom. The van der Waals surface area contributed by atoms with Gasteiger partial charge in [-0.25, -0.2) is 0 Å². The number of hydrogen-bond donors (Lipinski definition) is 1. The first-order valence-electron chi connectivity index (χ1n) is 10.2. The average molecular weight is 415 g/mol. The molecule has 162 valence electrons. The first-order chi connectivity index (χ1) is 14.3. The largest absolute Gasteiger partial charge is 0.504 e. The number of non-ortho nitro benzene ring substituents is 1. The number of hydrogen-bond acceptors (Lipinski definition) is 5. The molecule has 0 spiro atoms. The zero-order chi connectivity index (χ0) is 22.3. The van der Waals surface area contributed by atoms with Gasteiger partial charge in [0, 0.05) is 24.1 Å². The van der Waals surface area contributed by atoms with Crippen molar-refractivity contribution in [1.29, 1.82) is 0 Å². The van der Waals surface area contributed by atoms with Crippen molar-refractivity contribution in [3.05, 3.63) is 62.0 Å². The van der Waals surface area contributed by atoms with Crippen molar-refractivity contribution in [2.24, 2.45) is 0 Å². The smallest absolute Gasteiger partial charge is 0.297 e. The van der Waals surface area contributed by atoms with Crippen LogP contribution < -0.4 is 10.3 Å². The van der Waals surface area contributed by atoms with E-state index in [4.69, 9.17) is 4.74 Å². The lowest BCUT2D eigenvalue weighted by Crippen LogP contribution is -2.23. The first kappa shape index (κ1) is 23.2. The van der Waals surface area contributed by atoms with Crippen molar-refractivity contribution < 1.29 is 14.8 Å². The minimum atomic E-state index is -0.516. The van der Waals surface area contributed by atoms with Crippen molar-refractivity contribution in [3.63, 3.8) is 0 Å². The minimum Gasteiger partial charge on any atom is -0.504 e. The fourth-order valence-corrected chi connectivity index (χ4v) is 3.14. The van der Waals surface area contributed by atoms with Crippen LogP contribution in [-0.2, 0) is 6.54 Å². The maximum Gasteiger partial charge on any atom is 0.297 e. The number of allylic oxidation sites excluding steroid dienone is 3. The number of pyridine rings is 1.